The van der Waals surface area contributed by atoms with Gasteiger partial charge in [0.15, 0.2) is 0 Å². The van der Waals surface area contributed by atoms with Gasteiger partial charge in [0, 0.05) is 12.1 Å². The van der Waals surface area contributed by atoms with Gasteiger partial charge in [-0.15, -0.1) is 0 Å². The number of hydrogen-bond donors (Lipinski definition) is 0. The lowest BCUT2D eigenvalue weighted by Gasteiger charge is -2.26. The summed E-state index contributed by atoms with van der Waals surface area (Å²) in [5, 5.41) is -0.196. The number of esters is 2. The van der Waals surface area contributed by atoms with Crippen molar-refractivity contribution in [3.05, 3.63) is 36.4 Å². The van der Waals surface area contributed by atoms with E-state index in [0.717, 1.165) is 0 Å². The maximum absolute atomic E-state index is 14.1. The summed E-state index contributed by atoms with van der Waals surface area (Å²) in [6.07, 6.45) is 0. The second-order valence-corrected chi connectivity index (χ2v) is 15.2. The van der Waals surface area contributed by atoms with E-state index in [1.165, 1.54) is 12.1 Å². The first-order valence-corrected chi connectivity index (χ1v) is 17.4. The molecule has 1 rings (SSSR count). The van der Waals surface area contributed by atoms with Gasteiger partial charge in [-0.1, -0.05) is 13.2 Å². The van der Waals surface area contributed by atoms with Crippen LogP contribution in [0.5, 0.6) is 11.5 Å². The Kier molecular flexibility index (Phi) is 15.0. The molecule has 1 aromatic carbocycles. The van der Waals surface area contributed by atoms with Gasteiger partial charge in [-0.3, -0.25) is 9.13 Å². The van der Waals surface area contributed by atoms with E-state index < -0.39 is 38.3 Å². The van der Waals surface area contributed by atoms with Crippen molar-refractivity contribution in [3.8, 4) is 11.5 Å². The number of rotatable bonds is 18. The molecule has 0 heterocycles. The van der Waals surface area contributed by atoms with Gasteiger partial charge in [0.05, 0.1) is 37.6 Å². The van der Waals surface area contributed by atoms with E-state index in [1.54, 1.807) is 69.2 Å². The fraction of sp³-hybridized carbons (Fsp3) is 0.600. The molecule has 0 unspecified atom stereocenters. The van der Waals surface area contributed by atoms with Crippen LogP contribution in [0.2, 0.25) is 0 Å². The zero-order valence-corrected chi connectivity index (χ0v) is 29.4. The zero-order valence-electron chi connectivity index (χ0n) is 27.6. The van der Waals surface area contributed by atoms with Gasteiger partial charge < -0.3 is 37.0 Å². The summed E-state index contributed by atoms with van der Waals surface area (Å²) < 4.78 is 73.0. The van der Waals surface area contributed by atoms with Crippen LogP contribution in [0.4, 0.5) is 0 Å². The van der Waals surface area contributed by atoms with Crippen LogP contribution in [0.15, 0.2) is 36.4 Å². The van der Waals surface area contributed by atoms with Crippen molar-refractivity contribution >= 4 is 37.7 Å². The molecule has 0 spiro atoms. The largest absolute Gasteiger partial charge is 0.488 e. The lowest BCUT2D eigenvalue weighted by molar-refractivity contribution is -0.151. The van der Waals surface area contributed by atoms with E-state index in [4.69, 9.17) is 37.0 Å². The first kappa shape index (κ1) is 39.6. The summed E-state index contributed by atoms with van der Waals surface area (Å²) in [7, 11) is -8.17. The molecule has 14 heteroatoms. The number of benzene rings is 1. The van der Waals surface area contributed by atoms with E-state index >= 15 is 0 Å². The molecule has 1 aromatic rings. The van der Waals surface area contributed by atoms with Gasteiger partial charge in [-0.2, -0.15) is 0 Å². The molecule has 0 aliphatic carbocycles. The topological polar surface area (TPSA) is 142 Å². The van der Waals surface area contributed by atoms with Crippen LogP contribution in [0.1, 0.15) is 69.2 Å². The molecule has 0 amide bonds. The average molecular weight is 663 g/mol. The molecule has 0 aliphatic rings. The fourth-order valence-electron chi connectivity index (χ4n) is 3.38. The SMILES string of the molecule is C=C(COc1cc(P(=O)(OCC)OCC)c(OCC(=C)C(=O)OC(C)(C)C)cc1P(=O)(OCC)OCC)C(=O)OC(C)(C)C. The van der Waals surface area contributed by atoms with Crippen molar-refractivity contribution in [1.82, 2.24) is 0 Å². The Bertz CT molecular complexity index is 1160. The van der Waals surface area contributed by atoms with E-state index in [2.05, 4.69) is 13.2 Å². The van der Waals surface area contributed by atoms with Gasteiger partial charge in [-0.05, 0) is 69.2 Å². The minimum atomic E-state index is -4.09. The molecule has 0 aromatic heterocycles. The summed E-state index contributed by atoms with van der Waals surface area (Å²) >= 11 is 0. The quantitative estimate of drug-likeness (QED) is 0.103. The van der Waals surface area contributed by atoms with Crippen LogP contribution < -0.4 is 20.1 Å². The van der Waals surface area contributed by atoms with Crippen LogP contribution in [0, 0.1) is 0 Å². The Balaban J connectivity index is 3.83. The third-order valence-electron chi connectivity index (χ3n) is 5.01. The lowest BCUT2D eigenvalue weighted by Crippen LogP contribution is -2.28. The molecular formula is C30H48O12P2. The summed E-state index contributed by atoms with van der Waals surface area (Å²) in [4.78, 5) is 25.1. The highest BCUT2D eigenvalue weighted by atomic mass is 31.2. The Hall–Kier alpha value is -2.46. The van der Waals surface area contributed by atoms with Gasteiger partial charge in [0.1, 0.15) is 46.5 Å². The van der Waals surface area contributed by atoms with Crippen LogP contribution in [0.25, 0.3) is 0 Å². The third kappa shape index (κ3) is 12.1. The van der Waals surface area contributed by atoms with Crippen LogP contribution in [0.3, 0.4) is 0 Å². The van der Waals surface area contributed by atoms with Crippen molar-refractivity contribution < 1.29 is 55.8 Å². The monoisotopic (exact) mass is 662 g/mol. The van der Waals surface area contributed by atoms with E-state index in [0.29, 0.717) is 0 Å². The summed E-state index contributed by atoms with van der Waals surface area (Å²) in [6, 6.07) is 2.53. The second-order valence-electron chi connectivity index (χ2n) is 11.2. The van der Waals surface area contributed by atoms with Crippen molar-refractivity contribution in [2.24, 2.45) is 0 Å². The summed E-state index contributed by atoms with van der Waals surface area (Å²) in [5.41, 5.74) is -1.63. The molecule has 250 valence electrons. The number of carbonyl (C=O) groups is 2. The summed E-state index contributed by atoms with van der Waals surface area (Å²) in [5.74, 6) is -1.64. The normalized spacial score (nSPS) is 12.4. The molecule has 0 N–H and O–H groups in total. The summed E-state index contributed by atoms with van der Waals surface area (Å²) in [6.45, 7) is 23.5. The van der Waals surface area contributed by atoms with E-state index in [9.17, 15) is 18.7 Å². The standard InChI is InChI=1S/C30H48O12P2/c1-13-37-43(33,38-14-2)25-17-24(36-20-22(6)28(32)42-30(10,11)12)26(44(34,39-15-3)40-16-4)18-23(25)35-19-21(5)27(31)41-29(7,8)9/h17-18H,5-6,13-16,19-20H2,1-4,7-12H3. The molecule has 0 saturated carbocycles. The molecule has 44 heavy (non-hydrogen) atoms. The third-order valence-corrected chi connectivity index (χ3v) is 9.28. The van der Waals surface area contributed by atoms with Crippen molar-refractivity contribution in [2.45, 2.75) is 80.4 Å². The van der Waals surface area contributed by atoms with Crippen molar-refractivity contribution in [2.75, 3.05) is 39.6 Å². The second kappa shape index (κ2) is 16.7. The predicted octanol–water partition coefficient (Wildman–Crippen LogP) is 6.02. The van der Waals surface area contributed by atoms with E-state index in [-0.39, 0.29) is 72.9 Å². The van der Waals surface area contributed by atoms with Crippen molar-refractivity contribution in [1.29, 1.82) is 0 Å². The van der Waals surface area contributed by atoms with Gasteiger partial charge in [0.25, 0.3) is 0 Å². The Morgan fingerprint density at radius 3 is 1.11 bits per heavy atom. The van der Waals surface area contributed by atoms with Crippen LogP contribution >= 0.6 is 15.2 Å². The number of carbonyl (C=O) groups excluding carboxylic acids is 2. The Morgan fingerprint density at radius 2 is 0.886 bits per heavy atom. The highest BCUT2D eigenvalue weighted by molar-refractivity contribution is 7.63. The molecule has 0 radical (unpaired) electrons. The van der Waals surface area contributed by atoms with Gasteiger partial charge in [-0.25, -0.2) is 9.59 Å². The van der Waals surface area contributed by atoms with E-state index in [1.807, 2.05) is 0 Å². The molecule has 0 aliphatic heterocycles. The minimum absolute atomic E-state index is 0.00507. The van der Waals surface area contributed by atoms with Crippen molar-refractivity contribution in [3.63, 3.8) is 0 Å². The Labute approximate surface area is 261 Å². The van der Waals surface area contributed by atoms with Gasteiger partial charge in [0.2, 0.25) is 0 Å². The maximum atomic E-state index is 14.1. The minimum Gasteiger partial charge on any atom is -0.488 e. The van der Waals surface area contributed by atoms with Crippen LogP contribution in [-0.4, -0.2) is 62.8 Å². The fourth-order valence-corrected chi connectivity index (χ4v) is 6.79. The molecule has 0 saturated heterocycles. The lowest BCUT2D eigenvalue weighted by atomic mass is 10.2. The first-order valence-electron chi connectivity index (χ1n) is 14.3. The van der Waals surface area contributed by atoms with Gasteiger partial charge >= 0.3 is 27.1 Å². The highest BCUT2D eigenvalue weighted by Gasteiger charge is 2.38. The molecule has 0 atom stereocenters. The Morgan fingerprint density at radius 1 is 0.614 bits per heavy atom. The molecular weight excluding hydrogens is 614 g/mol. The van der Waals surface area contributed by atoms with Crippen LogP contribution in [-0.2, 0) is 46.3 Å². The number of hydrogen-bond acceptors (Lipinski definition) is 12. The highest BCUT2D eigenvalue weighted by Crippen LogP contribution is 2.54. The molecule has 0 fully saturated rings. The number of ether oxygens (including phenoxy) is 4. The average Bonchev–Trinajstić information content (AvgIpc) is 2.88. The molecule has 12 nitrogen and oxygen atoms in total. The first-order chi connectivity index (χ1) is 20.3. The molecule has 0 bridgehead atoms. The maximum Gasteiger partial charge on any atom is 0.365 e. The smallest absolute Gasteiger partial charge is 0.365 e. The zero-order chi connectivity index (χ0) is 33.9. The predicted molar refractivity (Wildman–Crippen MR) is 168 cm³/mol.